The highest BCUT2D eigenvalue weighted by Gasteiger charge is 2.41. The first-order valence-corrected chi connectivity index (χ1v) is 7.84. The van der Waals surface area contributed by atoms with Gasteiger partial charge >= 0.3 is 0 Å². The lowest BCUT2D eigenvalue weighted by atomic mass is 9.67. The van der Waals surface area contributed by atoms with Gasteiger partial charge in [0.25, 0.3) is 5.91 Å². The Balaban J connectivity index is 1.54. The highest BCUT2D eigenvalue weighted by Crippen LogP contribution is 2.39. The number of carbonyl (C=O) groups excluding carboxylic acids is 3. The van der Waals surface area contributed by atoms with Gasteiger partial charge in [0.2, 0.25) is 5.91 Å². The number of amides is 2. The van der Waals surface area contributed by atoms with Gasteiger partial charge in [-0.05, 0) is 37.8 Å². The minimum Gasteiger partial charge on any atom is -0.299 e. The Labute approximate surface area is 129 Å². The molecule has 0 saturated heterocycles. The molecule has 2 saturated carbocycles. The number of hydrazine groups is 1. The van der Waals surface area contributed by atoms with Crippen molar-refractivity contribution in [2.24, 2.45) is 17.8 Å². The van der Waals surface area contributed by atoms with E-state index in [1.54, 1.807) is 24.3 Å². The molecule has 0 spiro atoms. The maximum Gasteiger partial charge on any atom is 0.269 e. The third-order valence-electron chi connectivity index (χ3n) is 4.75. The average molecular weight is 300 g/mol. The molecule has 0 aliphatic heterocycles. The third kappa shape index (κ3) is 3.03. The number of Topliss-reactive ketones (excluding diaryl/α,β-unsaturated/α-hetero) is 1. The summed E-state index contributed by atoms with van der Waals surface area (Å²) in [6.07, 6.45) is 4.11. The maximum atomic E-state index is 12.2. The van der Waals surface area contributed by atoms with Gasteiger partial charge in [-0.3, -0.25) is 25.2 Å². The van der Waals surface area contributed by atoms with Crippen molar-refractivity contribution in [1.29, 1.82) is 0 Å². The number of benzene rings is 1. The fourth-order valence-corrected chi connectivity index (χ4v) is 3.58. The topological polar surface area (TPSA) is 75.3 Å². The average Bonchev–Trinajstić information content (AvgIpc) is 2.53. The molecule has 116 valence electrons. The molecule has 5 heteroatoms. The van der Waals surface area contributed by atoms with Crippen LogP contribution in [0.1, 0.15) is 42.5 Å². The van der Waals surface area contributed by atoms with Crippen LogP contribution in [0.3, 0.4) is 0 Å². The first kappa shape index (κ1) is 14.8. The van der Waals surface area contributed by atoms with Crippen molar-refractivity contribution in [3.63, 3.8) is 0 Å². The van der Waals surface area contributed by atoms with Crippen LogP contribution in [-0.4, -0.2) is 17.6 Å². The molecule has 2 fully saturated rings. The van der Waals surface area contributed by atoms with Crippen molar-refractivity contribution in [2.75, 3.05) is 0 Å². The molecule has 2 bridgehead atoms. The summed E-state index contributed by atoms with van der Waals surface area (Å²) >= 11 is 0. The second kappa shape index (κ2) is 6.30. The molecule has 5 nitrogen and oxygen atoms in total. The predicted molar refractivity (Wildman–Crippen MR) is 80.6 cm³/mol. The molecule has 2 amide bonds. The first-order chi connectivity index (χ1) is 10.6. The zero-order chi connectivity index (χ0) is 15.5. The van der Waals surface area contributed by atoms with Gasteiger partial charge in [0.15, 0.2) is 0 Å². The molecule has 2 N–H and O–H groups in total. The molecule has 1 aromatic carbocycles. The van der Waals surface area contributed by atoms with Crippen LogP contribution in [0.4, 0.5) is 0 Å². The van der Waals surface area contributed by atoms with Crippen molar-refractivity contribution in [1.82, 2.24) is 10.9 Å². The van der Waals surface area contributed by atoms with E-state index in [1.165, 1.54) is 0 Å². The second-order valence-corrected chi connectivity index (χ2v) is 6.20. The van der Waals surface area contributed by atoms with Gasteiger partial charge in [0.1, 0.15) is 5.78 Å². The third-order valence-corrected chi connectivity index (χ3v) is 4.75. The molecule has 2 aliphatic carbocycles. The van der Waals surface area contributed by atoms with Crippen molar-refractivity contribution >= 4 is 17.6 Å². The predicted octanol–water partition coefficient (Wildman–Crippen LogP) is 1.84. The van der Waals surface area contributed by atoms with Crippen LogP contribution < -0.4 is 10.9 Å². The van der Waals surface area contributed by atoms with Crippen molar-refractivity contribution < 1.29 is 14.4 Å². The second-order valence-electron chi connectivity index (χ2n) is 6.20. The fourth-order valence-electron chi connectivity index (χ4n) is 3.58. The number of fused-ring (bicyclic) bond motifs is 2. The standard InChI is InChI=1S/C17H20N2O3/c20-15-12-7-4-8-13(15)10-14(9-12)17(22)19-18-16(21)11-5-2-1-3-6-11/h1-3,5-6,12-14H,4,7-10H2,(H,18,21)(H,19,22). The summed E-state index contributed by atoms with van der Waals surface area (Å²) in [6.45, 7) is 0. The molecule has 0 aromatic heterocycles. The quantitative estimate of drug-likeness (QED) is 0.818. The molecule has 1 aromatic rings. The molecule has 2 aliphatic rings. The Morgan fingerprint density at radius 3 is 2.23 bits per heavy atom. The number of nitrogens with one attached hydrogen (secondary N) is 2. The van der Waals surface area contributed by atoms with Crippen molar-refractivity contribution in [3.05, 3.63) is 35.9 Å². The zero-order valence-corrected chi connectivity index (χ0v) is 12.4. The van der Waals surface area contributed by atoms with E-state index in [2.05, 4.69) is 10.9 Å². The summed E-state index contributed by atoms with van der Waals surface area (Å²) in [5, 5.41) is 0. The van der Waals surface area contributed by atoms with Gasteiger partial charge < -0.3 is 0 Å². The molecule has 0 heterocycles. The number of rotatable bonds is 2. The van der Waals surface area contributed by atoms with E-state index >= 15 is 0 Å². The van der Waals surface area contributed by atoms with Crippen LogP contribution in [-0.2, 0) is 9.59 Å². The number of ketones is 1. The smallest absolute Gasteiger partial charge is 0.269 e. The monoisotopic (exact) mass is 300 g/mol. The van der Waals surface area contributed by atoms with Crippen LogP contribution in [0.15, 0.2) is 30.3 Å². The van der Waals surface area contributed by atoms with E-state index in [-0.39, 0.29) is 29.6 Å². The highest BCUT2D eigenvalue weighted by atomic mass is 16.2. The number of carbonyl (C=O) groups is 3. The van der Waals surface area contributed by atoms with Gasteiger partial charge in [0.05, 0.1) is 0 Å². The van der Waals surface area contributed by atoms with Gasteiger partial charge in [-0.25, -0.2) is 0 Å². The van der Waals surface area contributed by atoms with Crippen molar-refractivity contribution in [2.45, 2.75) is 32.1 Å². The zero-order valence-electron chi connectivity index (χ0n) is 12.4. The van der Waals surface area contributed by atoms with E-state index < -0.39 is 0 Å². The largest absolute Gasteiger partial charge is 0.299 e. The van der Waals surface area contributed by atoms with E-state index in [4.69, 9.17) is 0 Å². The normalized spacial score (nSPS) is 27.1. The maximum absolute atomic E-state index is 12.2. The Hall–Kier alpha value is -2.17. The SMILES string of the molecule is O=C(NNC(=O)C1CC2CCCC(C1)C2=O)c1ccccc1. The van der Waals surface area contributed by atoms with Crippen LogP contribution in [0.5, 0.6) is 0 Å². The van der Waals surface area contributed by atoms with Gasteiger partial charge in [-0.15, -0.1) is 0 Å². The molecule has 3 rings (SSSR count). The Morgan fingerprint density at radius 2 is 1.59 bits per heavy atom. The van der Waals surface area contributed by atoms with Crippen LogP contribution in [0, 0.1) is 17.8 Å². The Bertz CT molecular complexity index is 569. The summed E-state index contributed by atoms with van der Waals surface area (Å²) < 4.78 is 0. The van der Waals surface area contributed by atoms with E-state index in [9.17, 15) is 14.4 Å². The summed E-state index contributed by atoms with van der Waals surface area (Å²) in [5.41, 5.74) is 5.45. The van der Waals surface area contributed by atoms with Crippen LogP contribution in [0.25, 0.3) is 0 Å². The Kier molecular flexibility index (Phi) is 4.22. The fraction of sp³-hybridized carbons (Fsp3) is 0.471. The molecule has 0 radical (unpaired) electrons. The molecule has 2 atom stereocenters. The minimum atomic E-state index is -0.332. The van der Waals surface area contributed by atoms with E-state index in [0.717, 1.165) is 19.3 Å². The van der Waals surface area contributed by atoms with Gasteiger partial charge in [-0.2, -0.15) is 0 Å². The summed E-state index contributed by atoms with van der Waals surface area (Å²) in [5.74, 6) is -0.288. The lowest BCUT2D eigenvalue weighted by molar-refractivity contribution is -0.138. The van der Waals surface area contributed by atoms with Crippen molar-refractivity contribution in [3.8, 4) is 0 Å². The molecular formula is C17H20N2O3. The van der Waals surface area contributed by atoms with Gasteiger partial charge in [0, 0.05) is 23.3 Å². The summed E-state index contributed by atoms with van der Waals surface area (Å²) in [7, 11) is 0. The molecule has 2 unspecified atom stereocenters. The lowest BCUT2D eigenvalue weighted by Gasteiger charge is -2.36. The van der Waals surface area contributed by atoms with E-state index in [0.29, 0.717) is 24.2 Å². The molecular weight excluding hydrogens is 280 g/mol. The van der Waals surface area contributed by atoms with Crippen LogP contribution in [0.2, 0.25) is 0 Å². The van der Waals surface area contributed by atoms with Crippen LogP contribution >= 0.6 is 0 Å². The van der Waals surface area contributed by atoms with E-state index in [1.807, 2.05) is 6.07 Å². The van der Waals surface area contributed by atoms with Gasteiger partial charge in [-0.1, -0.05) is 24.6 Å². The Morgan fingerprint density at radius 1 is 0.955 bits per heavy atom. The summed E-state index contributed by atoms with van der Waals surface area (Å²) in [4.78, 5) is 36.2. The summed E-state index contributed by atoms with van der Waals surface area (Å²) in [6, 6.07) is 8.73. The number of hydrogen-bond acceptors (Lipinski definition) is 3. The first-order valence-electron chi connectivity index (χ1n) is 7.84. The number of hydrogen-bond donors (Lipinski definition) is 2. The highest BCUT2D eigenvalue weighted by molar-refractivity contribution is 5.95. The lowest BCUT2D eigenvalue weighted by Crippen LogP contribution is -2.48. The molecule has 22 heavy (non-hydrogen) atoms. The minimum absolute atomic E-state index is 0.0353.